The molecule has 5 aliphatic heterocycles. The smallest absolute Gasteiger partial charge is 0.246 e. The third kappa shape index (κ3) is 11.9. The first kappa shape index (κ1) is 56.0. The molecule has 80 heavy (non-hydrogen) atoms. The number of imide groups is 1. The fourth-order valence-electron chi connectivity index (χ4n) is 11.4. The molecule has 1 unspecified atom stereocenters. The van der Waals surface area contributed by atoms with Crippen LogP contribution in [-0.2, 0) is 49.9 Å². The van der Waals surface area contributed by atoms with Crippen LogP contribution >= 0.6 is 11.8 Å². The van der Waals surface area contributed by atoms with Gasteiger partial charge in [0, 0.05) is 98.2 Å². The fourth-order valence-corrected chi connectivity index (χ4v) is 12.0. The van der Waals surface area contributed by atoms with Gasteiger partial charge in [-0.1, -0.05) is 49.4 Å². The number of rotatable bonds is 25. The topological polar surface area (TPSA) is 150 Å². The summed E-state index contributed by atoms with van der Waals surface area (Å²) < 4.78 is 34.9. The minimum Gasteiger partial charge on any atom is -0.493 e. The lowest BCUT2D eigenvalue weighted by atomic mass is 10.1. The van der Waals surface area contributed by atoms with E-state index in [-0.39, 0.29) is 79.3 Å². The van der Waals surface area contributed by atoms with Crippen LogP contribution in [0, 0.1) is 6.92 Å². The number of aryl methyl sites for hydroxylation is 1. The van der Waals surface area contributed by atoms with E-state index in [2.05, 4.69) is 48.5 Å². The summed E-state index contributed by atoms with van der Waals surface area (Å²) in [5, 5.41) is -0.350. The highest BCUT2D eigenvalue weighted by Crippen LogP contribution is 2.42. The van der Waals surface area contributed by atoms with Gasteiger partial charge in [0.2, 0.25) is 23.6 Å². The molecule has 5 aromatic rings. The summed E-state index contributed by atoms with van der Waals surface area (Å²) >= 11 is 1.38. The molecule has 0 radical (unpaired) electrons. The van der Waals surface area contributed by atoms with E-state index in [4.69, 9.17) is 23.7 Å². The Balaban J connectivity index is 0.916. The zero-order valence-corrected chi connectivity index (χ0v) is 47.4. The van der Waals surface area contributed by atoms with E-state index in [9.17, 15) is 24.0 Å². The summed E-state index contributed by atoms with van der Waals surface area (Å²) in [6.45, 7) is 7.58. The molecule has 0 N–H and O–H groups in total. The number of hydrogen-bond donors (Lipinski definition) is 0. The lowest BCUT2D eigenvalue weighted by Gasteiger charge is -2.27. The van der Waals surface area contributed by atoms with Gasteiger partial charge in [0.05, 0.1) is 43.6 Å². The Morgan fingerprint density at radius 2 is 1.26 bits per heavy atom. The first-order valence-corrected chi connectivity index (χ1v) is 29.0. The molecule has 0 aliphatic carbocycles. The number of nitrogens with zero attached hydrogens (tertiary/aromatic N) is 6. The standard InChI is InChI=1S/C63H70N6O10S/c1-7-23-76-25-26-77-24-22-66(20-12-16-49(70)17-13-21-67-60(71)36-59(80-6)63(67)74)46-29-42(39-78-56-34-54-50(27-41(56)2)61(72)68-47(37-64(54)3)31-44-14-8-10-18-52(44)68)28-43(30-46)40-79-58-35-55-51(33-57(58)75-5)62(73)69-48(38-65(55)4)32-45-15-9-11-19-53(45)69/h8-11,14-15,18-19,27-30,33-35,47-48,59H,7,12-13,16-17,20-26,31-32,36,39-40H2,1-6H3/t47-,48-,59?/m0/s1. The highest BCUT2D eigenvalue weighted by molar-refractivity contribution is 8.00. The molecule has 418 valence electrons. The van der Waals surface area contributed by atoms with Gasteiger partial charge >= 0.3 is 0 Å². The maximum atomic E-state index is 14.4. The number of carbonyl (C=O) groups is 5. The maximum Gasteiger partial charge on any atom is 0.246 e. The van der Waals surface area contributed by atoms with Crippen LogP contribution in [-0.4, -0.2) is 147 Å². The molecule has 4 amide bonds. The van der Waals surface area contributed by atoms with Crippen LogP contribution in [0.1, 0.15) is 94.0 Å². The summed E-state index contributed by atoms with van der Waals surface area (Å²) in [6.07, 6.45) is 12.9. The highest BCUT2D eigenvalue weighted by atomic mass is 32.2. The predicted molar refractivity (Wildman–Crippen MR) is 309 cm³/mol. The number of carbonyl (C=O) groups excluding carboxylic acids is 5. The second-order valence-electron chi connectivity index (χ2n) is 20.9. The number of Topliss-reactive ketones (excluding diaryl/α,β-unsaturated/α-hetero) is 1. The number of benzene rings is 5. The minimum absolute atomic E-state index is 0.0670. The molecule has 5 heterocycles. The Hall–Kier alpha value is -7.34. The van der Waals surface area contributed by atoms with Gasteiger partial charge in [0.1, 0.15) is 44.6 Å². The predicted octanol–water partition coefficient (Wildman–Crippen LogP) is 8.64. The second kappa shape index (κ2) is 25.0. The van der Waals surface area contributed by atoms with Gasteiger partial charge in [-0.15, -0.1) is 0 Å². The summed E-state index contributed by atoms with van der Waals surface area (Å²) in [4.78, 5) is 74.5. The van der Waals surface area contributed by atoms with Crippen molar-refractivity contribution in [1.82, 2.24) is 4.90 Å². The SMILES string of the molecule is CCCOCCOCCN(CCCC(=O)CCCN1C(=O)CC(SC)C1=O)c1cc(COc2cc3c(cc2C)C(=O)N2c4ccccc4C[C@H]2[C-]=[N+]3C)cc(COc2cc3c(cc2OC)C(=O)N2c4ccccc4C[C@H]2[C-]=[N+]3C)c1. The molecule has 17 heteroatoms. The van der Waals surface area contributed by atoms with Crippen molar-refractivity contribution in [3.05, 3.63) is 130 Å². The quantitative estimate of drug-likeness (QED) is 0.0238. The molecule has 3 atom stereocenters. The van der Waals surface area contributed by atoms with Gasteiger partial charge in [-0.3, -0.25) is 28.9 Å². The number of ether oxygens (including phenoxy) is 5. The number of methoxy groups -OCH3 is 1. The van der Waals surface area contributed by atoms with E-state index >= 15 is 0 Å². The second-order valence-corrected chi connectivity index (χ2v) is 22.0. The largest absolute Gasteiger partial charge is 0.493 e. The lowest BCUT2D eigenvalue weighted by molar-refractivity contribution is -0.401. The normalized spacial score (nSPS) is 17.9. The van der Waals surface area contributed by atoms with Crippen molar-refractivity contribution in [2.24, 2.45) is 0 Å². The summed E-state index contributed by atoms with van der Waals surface area (Å²) in [6, 6.07) is 29.1. The fraction of sp³-hybridized carbons (Fsp3) is 0.413. The number of hydrogen-bond acceptors (Lipinski definition) is 12. The Morgan fingerprint density at radius 3 is 1.86 bits per heavy atom. The van der Waals surface area contributed by atoms with Gasteiger partial charge in [-0.25, -0.2) is 0 Å². The number of para-hydroxylation sites is 2. The molecule has 0 saturated carbocycles. The van der Waals surface area contributed by atoms with E-state index < -0.39 is 0 Å². The minimum atomic E-state index is -0.350. The van der Waals surface area contributed by atoms with Crippen LogP contribution in [0.2, 0.25) is 0 Å². The summed E-state index contributed by atoms with van der Waals surface area (Å²) in [5.41, 5.74) is 9.76. The van der Waals surface area contributed by atoms with Crippen LogP contribution in [0.15, 0.2) is 91.0 Å². The van der Waals surface area contributed by atoms with E-state index in [0.29, 0.717) is 111 Å². The average Bonchev–Trinajstić information content (AvgIpc) is 4.14. The summed E-state index contributed by atoms with van der Waals surface area (Å²) in [7, 11) is 5.38. The third-order valence-electron chi connectivity index (χ3n) is 15.5. The Kier molecular flexibility index (Phi) is 17.5. The third-order valence-corrected chi connectivity index (χ3v) is 16.4. The number of anilines is 3. The van der Waals surface area contributed by atoms with Crippen molar-refractivity contribution in [1.29, 1.82) is 0 Å². The van der Waals surface area contributed by atoms with Crippen LogP contribution in [0.3, 0.4) is 0 Å². The average molecular weight is 1100 g/mol. The Morgan fingerprint density at radius 1 is 0.688 bits per heavy atom. The van der Waals surface area contributed by atoms with Gasteiger partial charge < -0.3 is 47.5 Å². The molecule has 10 rings (SSSR count). The zero-order valence-electron chi connectivity index (χ0n) is 46.6. The molecule has 5 aromatic carbocycles. The van der Waals surface area contributed by atoms with E-state index in [1.54, 1.807) is 13.2 Å². The first-order chi connectivity index (χ1) is 38.8. The lowest BCUT2D eigenvalue weighted by Crippen LogP contribution is -2.38. The van der Waals surface area contributed by atoms with Gasteiger partial charge in [0.15, 0.2) is 5.75 Å². The monoisotopic (exact) mass is 1100 g/mol. The van der Waals surface area contributed by atoms with E-state index in [1.165, 1.54) is 16.7 Å². The van der Waals surface area contributed by atoms with Crippen LogP contribution in [0.25, 0.3) is 0 Å². The van der Waals surface area contributed by atoms with Gasteiger partial charge in [-0.2, -0.15) is 11.8 Å². The van der Waals surface area contributed by atoms with Crippen molar-refractivity contribution >= 4 is 82.0 Å². The zero-order chi connectivity index (χ0) is 56.0. The first-order valence-electron chi connectivity index (χ1n) is 27.7. The maximum absolute atomic E-state index is 14.4. The Labute approximate surface area is 472 Å². The summed E-state index contributed by atoms with van der Waals surface area (Å²) in [5.74, 6) is 0.979. The molecule has 0 bridgehead atoms. The molecule has 0 aromatic heterocycles. The number of likely N-dealkylation sites (tertiary alicyclic amines) is 1. The molecule has 16 nitrogen and oxygen atoms in total. The van der Waals surface area contributed by atoms with Crippen LogP contribution in [0.4, 0.5) is 28.4 Å². The number of ketones is 1. The van der Waals surface area contributed by atoms with E-state index in [0.717, 1.165) is 51.3 Å². The van der Waals surface area contributed by atoms with Crippen LogP contribution < -0.4 is 28.9 Å². The van der Waals surface area contributed by atoms with Crippen molar-refractivity contribution < 1.29 is 56.8 Å². The number of fused-ring (bicyclic) bond motifs is 8. The molecule has 1 saturated heterocycles. The van der Waals surface area contributed by atoms with E-state index in [1.807, 2.05) is 107 Å². The molecular weight excluding hydrogens is 1030 g/mol. The molecular formula is C63H70N6O10S. The van der Waals surface area contributed by atoms with Gasteiger partial charge in [0.25, 0.3) is 0 Å². The van der Waals surface area contributed by atoms with Crippen molar-refractivity contribution in [2.75, 3.05) is 88.2 Å². The molecule has 5 aliphatic rings. The molecule has 1 fully saturated rings. The van der Waals surface area contributed by atoms with Crippen molar-refractivity contribution in [3.63, 3.8) is 0 Å². The highest BCUT2D eigenvalue weighted by Gasteiger charge is 2.39. The number of thioether (sulfide) groups is 1. The van der Waals surface area contributed by atoms with Gasteiger partial charge in [-0.05, 0) is 122 Å². The van der Waals surface area contributed by atoms with Crippen molar-refractivity contribution in [3.8, 4) is 17.2 Å². The number of amides is 4. The van der Waals surface area contributed by atoms with Crippen molar-refractivity contribution in [2.45, 2.75) is 95.8 Å². The Bertz CT molecular complexity index is 3270. The van der Waals surface area contributed by atoms with Crippen LogP contribution in [0.5, 0.6) is 17.2 Å². The molecule has 0 spiro atoms.